The normalized spacial score (nSPS) is 16.4. The second-order valence-corrected chi connectivity index (χ2v) is 2.28. The molecule has 0 spiro atoms. The molecule has 0 N–H and O–H groups in total. The average Bonchev–Trinajstić information content (AvgIpc) is 1.94. The summed E-state index contributed by atoms with van der Waals surface area (Å²) in [6.07, 6.45) is 2.25. The Morgan fingerprint density at radius 1 is 1.56 bits per heavy atom. The van der Waals surface area contributed by atoms with Crippen molar-refractivity contribution in [2.75, 3.05) is 0 Å². The van der Waals surface area contributed by atoms with E-state index in [2.05, 4.69) is 0 Å². The molecule has 9 heavy (non-hydrogen) atoms. The minimum absolute atomic E-state index is 0.221. The van der Waals surface area contributed by atoms with E-state index in [0.717, 1.165) is 0 Å². The van der Waals surface area contributed by atoms with Gasteiger partial charge in [0.2, 0.25) is 0 Å². The largest absolute Gasteiger partial charge is 0.294 e. The second kappa shape index (κ2) is 5.71. The lowest BCUT2D eigenvalue weighted by atomic mass is 10.3. The molecule has 0 saturated carbocycles. The Morgan fingerprint density at radius 2 is 2.22 bits per heavy atom. The first-order valence-corrected chi connectivity index (χ1v) is 4.14. The van der Waals surface area contributed by atoms with E-state index in [1.54, 1.807) is 6.08 Å². The molecule has 0 aromatic heterocycles. The van der Waals surface area contributed by atoms with Gasteiger partial charge < -0.3 is 0 Å². The lowest BCUT2D eigenvalue weighted by Gasteiger charge is -1.87. The van der Waals surface area contributed by atoms with Crippen molar-refractivity contribution in [2.45, 2.75) is 20.3 Å². The Morgan fingerprint density at radius 3 is 2.44 bits per heavy atom. The minimum atomic E-state index is 0.221. The van der Waals surface area contributed by atoms with Gasteiger partial charge in [0.1, 0.15) is 0 Å². The first kappa shape index (κ1) is 8.58. The Balaban J connectivity index is 0.000000291. The molecule has 0 radical (unpaired) electrons. The van der Waals surface area contributed by atoms with E-state index in [1.165, 1.54) is 8.20 Å². The summed E-state index contributed by atoms with van der Waals surface area (Å²) in [6.45, 7) is 4.00. The summed E-state index contributed by atoms with van der Waals surface area (Å²) in [5.74, 6) is 4.02. The van der Waals surface area contributed by atoms with Crippen LogP contribution in [0.4, 0.5) is 0 Å². The Labute approximate surface area is 57.6 Å². The maximum atomic E-state index is 10.3. The standard InChI is InChI=1S/C5H5OP.C2H6/c6-5-1-3-7-4-2-5;1-2/h1,3-4H,2H2;1-2H3. The third-order valence-electron chi connectivity index (χ3n) is 0.744. The van der Waals surface area contributed by atoms with E-state index >= 15 is 0 Å². The van der Waals surface area contributed by atoms with Crippen molar-refractivity contribution in [3.8, 4) is 0 Å². The van der Waals surface area contributed by atoms with Gasteiger partial charge in [-0.1, -0.05) is 22.1 Å². The van der Waals surface area contributed by atoms with Gasteiger partial charge in [-0.2, -0.15) is 0 Å². The smallest absolute Gasteiger partial charge is 0.160 e. The summed E-state index contributed by atoms with van der Waals surface area (Å²) in [7, 11) is 1.17. The highest BCUT2D eigenvalue weighted by atomic mass is 31.1. The van der Waals surface area contributed by atoms with Crippen LogP contribution in [0.5, 0.6) is 0 Å². The quantitative estimate of drug-likeness (QED) is 0.474. The highest BCUT2D eigenvalue weighted by Crippen LogP contribution is 2.03. The van der Waals surface area contributed by atoms with Crippen LogP contribution in [-0.4, -0.2) is 11.6 Å². The second-order valence-electron chi connectivity index (χ2n) is 1.32. The SMILES string of the molecule is CC.O=C1C=CP=CC1. The van der Waals surface area contributed by atoms with Gasteiger partial charge in [-0.05, 0) is 17.7 Å². The molecule has 0 bridgehead atoms. The number of rotatable bonds is 0. The molecule has 0 fully saturated rings. The molecule has 0 saturated heterocycles. The van der Waals surface area contributed by atoms with Crippen LogP contribution >= 0.6 is 8.20 Å². The summed E-state index contributed by atoms with van der Waals surface area (Å²) in [4.78, 5) is 10.3. The average molecular weight is 142 g/mol. The van der Waals surface area contributed by atoms with Crippen LogP contribution in [0.2, 0.25) is 0 Å². The number of allylic oxidation sites excluding steroid dienone is 1. The lowest BCUT2D eigenvalue weighted by Crippen LogP contribution is -1.92. The number of hydrogen-bond acceptors (Lipinski definition) is 1. The molecule has 1 aliphatic rings. The van der Waals surface area contributed by atoms with Crippen molar-refractivity contribution in [3.63, 3.8) is 0 Å². The van der Waals surface area contributed by atoms with Crippen molar-refractivity contribution in [3.05, 3.63) is 11.9 Å². The van der Waals surface area contributed by atoms with Gasteiger partial charge in [-0.15, -0.1) is 0 Å². The molecule has 0 atom stereocenters. The van der Waals surface area contributed by atoms with Crippen molar-refractivity contribution in [1.82, 2.24) is 0 Å². The van der Waals surface area contributed by atoms with E-state index in [9.17, 15) is 4.79 Å². The molecule has 2 heteroatoms. The van der Waals surface area contributed by atoms with Crippen LogP contribution in [0.25, 0.3) is 0 Å². The van der Waals surface area contributed by atoms with Crippen LogP contribution in [0.1, 0.15) is 20.3 Å². The molecule has 0 aliphatic carbocycles. The fraction of sp³-hybridized carbons (Fsp3) is 0.429. The Hall–Kier alpha value is -0.420. The third-order valence-corrected chi connectivity index (χ3v) is 1.46. The molecule has 0 aromatic carbocycles. The third kappa shape index (κ3) is 4.11. The molecule has 0 amide bonds. The molecule has 1 heterocycles. The maximum absolute atomic E-state index is 10.3. The molecular weight excluding hydrogens is 131 g/mol. The molecule has 0 unspecified atom stereocenters. The van der Waals surface area contributed by atoms with E-state index < -0.39 is 0 Å². The Bertz CT molecular complexity index is 136. The van der Waals surface area contributed by atoms with Crippen LogP contribution in [0.3, 0.4) is 0 Å². The van der Waals surface area contributed by atoms with Gasteiger partial charge in [0.15, 0.2) is 5.78 Å². The van der Waals surface area contributed by atoms with Crippen molar-refractivity contribution in [1.29, 1.82) is 0 Å². The predicted octanol–water partition coefficient (Wildman–Crippen LogP) is 2.25. The first-order valence-electron chi connectivity index (χ1n) is 3.10. The number of ketones is 1. The number of hydrogen-bond donors (Lipinski definition) is 0. The van der Waals surface area contributed by atoms with Crippen LogP contribution in [0.15, 0.2) is 11.9 Å². The fourth-order valence-corrected chi connectivity index (χ4v) is 1.06. The van der Waals surface area contributed by atoms with E-state index in [4.69, 9.17) is 0 Å². The van der Waals surface area contributed by atoms with E-state index in [1.807, 2.05) is 25.5 Å². The molecule has 1 rings (SSSR count). The number of carbonyl (C=O) groups excluding carboxylic acids is 1. The van der Waals surface area contributed by atoms with Gasteiger partial charge in [0.25, 0.3) is 0 Å². The molecule has 50 valence electrons. The molecule has 1 aliphatic heterocycles. The zero-order valence-corrected chi connectivity index (χ0v) is 6.69. The van der Waals surface area contributed by atoms with Crippen LogP contribution < -0.4 is 0 Å². The molecule has 0 aromatic rings. The zero-order valence-electron chi connectivity index (χ0n) is 5.79. The fourth-order valence-electron chi connectivity index (χ4n) is 0.398. The van der Waals surface area contributed by atoms with Gasteiger partial charge in [0.05, 0.1) is 0 Å². The molecule has 1 nitrogen and oxygen atoms in total. The summed E-state index contributed by atoms with van der Waals surface area (Å²) < 4.78 is 0. The first-order chi connectivity index (χ1) is 4.39. The van der Waals surface area contributed by atoms with E-state index in [-0.39, 0.29) is 5.78 Å². The predicted molar refractivity (Wildman–Crippen MR) is 43.1 cm³/mol. The topological polar surface area (TPSA) is 17.1 Å². The van der Waals surface area contributed by atoms with Gasteiger partial charge in [-0.25, -0.2) is 0 Å². The number of carbonyl (C=O) groups is 1. The van der Waals surface area contributed by atoms with Gasteiger partial charge in [-0.3, -0.25) is 4.79 Å². The lowest BCUT2D eigenvalue weighted by molar-refractivity contribution is -0.113. The highest BCUT2D eigenvalue weighted by molar-refractivity contribution is 7.42. The highest BCUT2D eigenvalue weighted by Gasteiger charge is 1.92. The summed E-state index contributed by atoms with van der Waals surface area (Å²) in [6, 6.07) is 0. The summed E-state index contributed by atoms with van der Waals surface area (Å²) >= 11 is 0. The van der Waals surface area contributed by atoms with Crippen molar-refractivity contribution < 1.29 is 4.79 Å². The van der Waals surface area contributed by atoms with Gasteiger partial charge >= 0.3 is 0 Å². The summed E-state index contributed by atoms with van der Waals surface area (Å²) in [5, 5.41) is 0. The summed E-state index contributed by atoms with van der Waals surface area (Å²) in [5.41, 5.74) is 0. The van der Waals surface area contributed by atoms with Crippen LogP contribution in [0, 0.1) is 0 Å². The van der Waals surface area contributed by atoms with Gasteiger partial charge in [0, 0.05) is 6.42 Å². The minimum Gasteiger partial charge on any atom is -0.294 e. The Kier molecular flexibility index (Phi) is 5.45. The molecular formula is C7H11OP. The zero-order chi connectivity index (χ0) is 7.11. The van der Waals surface area contributed by atoms with Crippen LogP contribution in [-0.2, 0) is 4.79 Å². The van der Waals surface area contributed by atoms with Crippen molar-refractivity contribution >= 4 is 19.8 Å². The maximum Gasteiger partial charge on any atom is 0.160 e. The monoisotopic (exact) mass is 142 g/mol. The van der Waals surface area contributed by atoms with E-state index in [0.29, 0.717) is 6.42 Å². The van der Waals surface area contributed by atoms with Crippen molar-refractivity contribution in [2.24, 2.45) is 0 Å².